The van der Waals surface area contributed by atoms with E-state index in [2.05, 4.69) is 16.0 Å². The molecule has 6 nitrogen and oxygen atoms in total. The van der Waals surface area contributed by atoms with E-state index >= 15 is 0 Å². The fraction of sp³-hybridized carbons (Fsp3) is 0.136. The number of hydrazine groups is 1. The number of amides is 2. The van der Waals surface area contributed by atoms with Crippen molar-refractivity contribution in [2.24, 2.45) is 0 Å². The highest BCUT2D eigenvalue weighted by Crippen LogP contribution is 2.28. The molecule has 0 saturated heterocycles. The molecule has 4 rings (SSSR count). The van der Waals surface area contributed by atoms with Crippen molar-refractivity contribution in [3.63, 3.8) is 0 Å². The molecule has 0 aliphatic carbocycles. The summed E-state index contributed by atoms with van der Waals surface area (Å²) in [6.45, 7) is 2.33. The molecule has 2 aromatic carbocycles. The fourth-order valence-electron chi connectivity index (χ4n) is 3.11. The van der Waals surface area contributed by atoms with Crippen LogP contribution in [0.3, 0.4) is 0 Å². The van der Waals surface area contributed by atoms with Crippen LogP contribution in [0, 0.1) is 12.7 Å². The first-order valence-corrected chi connectivity index (χ1v) is 10.6. The Kier molecular flexibility index (Phi) is 6.01. The van der Waals surface area contributed by atoms with Crippen LogP contribution in [0.2, 0.25) is 5.02 Å². The second-order valence-corrected chi connectivity index (χ2v) is 8.47. The molecule has 0 atom stereocenters. The summed E-state index contributed by atoms with van der Waals surface area (Å²) in [4.78, 5) is 25.9. The van der Waals surface area contributed by atoms with Gasteiger partial charge in [-0.15, -0.1) is 11.3 Å². The summed E-state index contributed by atoms with van der Waals surface area (Å²) in [5.41, 5.74) is 7.36. The number of aromatic nitrogens is 2. The molecule has 0 aliphatic rings. The first-order chi connectivity index (χ1) is 14.9. The van der Waals surface area contributed by atoms with Crippen LogP contribution in [0.25, 0.3) is 10.2 Å². The number of hydrogen-bond donors (Lipinski definition) is 2. The lowest BCUT2D eigenvalue weighted by molar-refractivity contribution is -0.121. The average molecular weight is 457 g/mol. The number of fused-ring (bicyclic) bond motifs is 1. The van der Waals surface area contributed by atoms with E-state index in [1.54, 1.807) is 47.1 Å². The largest absolute Gasteiger partial charge is 0.279 e. The van der Waals surface area contributed by atoms with E-state index in [0.29, 0.717) is 16.4 Å². The molecule has 2 N–H and O–H groups in total. The van der Waals surface area contributed by atoms with Crippen molar-refractivity contribution < 1.29 is 14.0 Å². The smallest absolute Gasteiger partial charge is 0.273 e. The van der Waals surface area contributed by atoms with Crippen LogP contribution in [-0.4, -0.2) is 21.6 Å². The minimum atomic E-state index is -0.404. The predicted octanol–water partition coefficient (Wildman–Crippen LogP) is 4.25. The maximum Gasteiger partial charge on any atom is 0.279 e. The molecule has 2 aromatic heterocycles. The van der Waals surface area contributed by atoms with Crippen LogP contribution in [0.5, 0.6) is 0 Å². The Morgan fingerprint density at radius 2 is 1.74 bits per heavy atom. The zero-order chi connectivity index (χ0) is 22.0. The molecule has 9 heteroatoms. The Morgan fingerprint density at radius 1 is 1.06 bits per heavy atom. The number of carbonyl (C=O) groups excluding carboxylic acids is 2. The van der Waals surface area contributed by atoms with Crippen molar-refractivity contribution in [3.8, 4) is 0 Å². The van der Waals surface area contributed by atoms with Crippen molar-refractivity contribution in [2.75, 3.05) is 0 Å². The highest BCUT2D eigenvalue weighted by molar-refractivity contribution is 7.20. The monoisotopic (exact) mass is 456 g/mol. The molecule has 31 heavy (non-hydrogen) atoms. The van der Waals surface area contributed by atoms with E-state index in [1.807, 2.05) is 6.92 Å². The molecule has 2 heterocycles. The molecule has 0 spiro atoms. The Hall–Kier alpha value is -3.23. The van der Waals surface area contributed by atoms with Crippen LogP contribution in [0.1, 0.15) is 26.5 Å². The standard InChI is InChI=1S/C22H18ClFN4O2S/c1-13-18-11-19(21(30)26-25-20(29)10-14-2-6-16(23)7-3-14)31-22(18)28(27-13)12-15-4-8-17(24)9-5-15/h2-9,11H,10,12H2,1H3,(H,25,29)(H,26,30). The number of nitrogens with one attached hydrogen (secondary N) is 2. The van der Waals surface area contributed by atoms with Gasteiger partial charge in [0.25, 0.3) is 5.91 Å². The van der Waals surface area contributed by atoms with E-state index in [9.17, 15) is 14.0 Å². The number of halogens is 2. The topological polar surface area (TPSA) is 76.0 Å². The van der Waals surface area contributed by atoms with Gasteiger partial charge >= 0.3 is 0 Å². The van der Waals surface area contributed by atoms with Gasteiger partial charge in [0.15, 0.2) is 0 Å². The third kappa shape index (κ3) is 4.92. The van der Waals surface area contributed by atoms with Gasteiger partial charge in [-0.3, -0.25) is 25.1 Å². The van der Waals surface area contributed by atoms with Crippen molar-refractivity contribution in [1.82, 2.24) is 20.6 Å². The van der Waals surface area contributed by atoms with Crippen LogP contribution >= 0.6 is 22.9 Å². The van der Waals surface area contributed by atoms with Gasteiger partial charge in [0.2, 0.25) is 5.91 Å². The van der Waals surface area contributed by atoms with E-state index in [1.165, 1.54) is 23.5 Å². The molecule has 0 unspecified atom stereocenters. The highest BCUT2D eigenvalue weighted by atomic mass is 35.5. The van der Waals surface area contributed by atoms with E-state index < -0.39 is 5.91 Å². The quantitative estimate of drug-likeness (QED) is 0.441. The van der Waals surface area contributed by atoms with Gasteiger partial charge in [-0.1, -0.05) is 35.9 Å². The number of hydrogen-bond acceptors (Lipinski definition) is 4. The third-order valence-electron chi connectivity index (χ3n) is 4.67. The van der Waals surface area contributed by atoms with E-state index in [4.69, 9.17) is 11.6 Å². The van der Waals surface area contributed by atoms with Crippen LogP contribution < -0.4 is 10.9 Å². The molecule has 0 aliphatic heterocycles. The summed E-state index contributed by atoms with van der Waals surface area (Å²) < 4.78 is 14.9. The lowest BCUT2D eigenvalue weighted by Crippen LogP contribution is -2.42. The SMILES string of the molecule is Cc1nn(Cc2ccc(F)cc2)c2sc(C(=O)NNC(=O)Cc3ccc(Cl)cc3)cc12. The van der Waals surface area contributed by atoms with Gasteiger partial charge in [0.05, 0.1) is 23.5 Å². The van der Waals surface area contributed by atoms with Crippen molar-refractivity contribution in [1.29, 1.82) is 0 Å². The second-order valence-electron chi connectivity index (χ2n) is 7.00. The van der Waals surface area contributed by atoms with Gasteiger partial charge in [-0.2, -0.15) is 5.10 Å². The lowest BCUT2D eigenvalue weighted by atomic mass is 10.1. The Labute approximate surface area is 186 Å². The number of rotatable bonds is 5. The summed E-state index contributed by atoms with van der Waals surface area (Å²) >= 11 is 7.12. The second kappa shape index (κ2) is 8.87. The van der Waals surface area contributed by atoms with Crippen LogP contribution in [-0.2, 0) is 17.8 Å². The average Bonchev–Trinajstić information content (AvgIpc) is 3.31. The fourth-order valence-corrected chi connectivity index (χ4v) is 4.30. The molecule has 0 fully saturated rings. The molecular weight excluding hydrogens is 439 g/mol. The molecule has 0 bridgehead atoms. The Bertz CT molecular complexity index is 1250. The highest BCUT2D eigenvalue weighted by Gasteiger charge is 2.17. The van der Waals surface area contributed by atoms with Gasteiger partial charge < -0.3 is 0 Å². The van der Waals surface area contributed by atoms with E-state index in [0.717, 1.165) is 27.0 Å². The number of benzene rings is 2. The summed E-state index contributed by atoms with van der Waals surface area (Å²) in [6.07, 6.45) is 0.121. The maximum absolute atomic E-state index is 13.1. The number of nitrogens with zero attached hydrogens (tertiary/aromatic N) is 2. The zero-order valence-corrected chi connectivity index (χ0v) is 18.1. The molecule has 0 radical (unpaired) electrons. The molecule has 2 amide bonds. The van der Waals surface area contributed by atoms with Crippen LogP contribution in [0.15, 0.2) is 54.6 Å². The lowest BCUT2D eigenvalue weighted by Gasteiger charge is -2.06. The Morgan fingerprint density at radius 3 is 2.45 bits per heavy atom. The molecule has 158 valence electrons. The van der Waals surface area contributed by atoms with Gasteiger partial charge in [0, 0.05) is 10.4 Å². The summed E-state index contributed by atoms with van der Waals surface area (Å²) in [6, 6.07) is 14.9. The van der Waals surface area contributed by atoms with Crippen molar-refractivity contribution in [2.45, 2.75) is 19.9 Å². The summed E-state index contributed by atoms with van der Waals surface area (Å²) in [5, 5.41) is 5.98. The van der Waals surface area contributed by atoms with E-state index in [-0.39, 0.29) is 18.1 Å². The molecular formula is C22H18ClFN4O2S. The Balaban J connectivity index is 1.43. The number of carbonyl (C=O) groups is 2. The number of aryl methyl sites for hydroxylation is 1. The maximum atomic E-state index is 13.1. The van der Waals surface area contributed by atoms with Gasteiger partial charge in [-0.05, 0) is 48.4 Å². The minimum absolute atomic E-state index is 0.121. The van der Waals surface area contributed by atoms with Gasteiger partial charge in [0.1, 0.15) is 10.6 Å². The van der Waals surface area contributed by atoms with Crippen molar-refractivity contribution >= 4 is 45.0 Å². The summed E-state index contributed by atoms with van der Waals surface area (Å²) in [5.74, 6) is -1.03. The van der Waals surface area contributed by atoms with Crippen molar-refractivity contribution in [3.05, 3.63) is 87.1 Å². The zero-order valence-electron chi connectivity index (χ0n) is 16.5. The normalized spacial score (nSPS) is 10.9. The third-order valence-corrected chi connectivity index (χ3v) is 6.07. The summed E-state index contributed by atoms with van der Waals surface area (Å²) in [7, 11) is 0. The first kappa shape index (κ1) is 21.0. The van der Waals surface area contributed by atoms with Gasteiger partial charge in [-0.25, -0.2) is 4.39 Å². The number of thiophene rings is 1. The minimum Gasteiger partial charge on any atom is -0.273 e. The molecule has 0 saturated carbocycles. The van der Waals surface area contributed by atoms with Crippen LogP contribution in [0.4, 0.5) is 4.39 Å². The molecule has 4 aromatic rings. The first-order valence-electron chi connectivity index (χ1n) is 9.44. The predicted molar refractivity (Wildman–Crippen MR) is 119 cm³/mol.